The smallest absolute Gasteiger partial charge is 0.316 e. The molecule has 0 bridgehead atoms. The van der Waals surface area contributed by atoms with Gasteiger partial charge in [-0.15, -0.1) is 10.2 Å². The Bertz CT molecular complexity index is 562. The number of halogens is 1. The Morgan fingerprint density at radius 3 is 2.76 bits per heavy atom. The zero-order valence-electron chi connectivity index (χ0n) is 9.01. The number of esters is 1. The molecule has 0 unspecified atom stereocenters. The van der Waals surface area contributed by atoms with Crippen LogP contribution in [0.2, 0.25) is 5.15 Å². The summed E-state index contributed by atoms with van der Waals surface area (Å²) < 4.78 is 4.57. The van der Waals surface area contributed by atoms with E-state index < -0.39 is 0 Å². The molecule has 0 fully saturated rings. The lowest BCUT2D eigenvalue weighted by atomic mass is 10.2. The number of ether oxygens (including phenoxy) is 1. The number of hydrogen-bond donors (Lipinski definition) is 0. The number of fused-ring (bicyclic) bond motifs is 1. The van der Waals surface area contributed by atoms with E-state index >= 15 is 0 Å². The minimum absolute atomic E-state index is 0.205. The Labute approximate surface area is 107 Å². The van der Waals surface area contributed by atoms with E-state index in [1.807, 2.05) is 24.3 Å². The molecule has 88 valence electrons. The van der Waals surface area contributed by atoms with Crippen molar-refractivity contribution in [2.45, 2.75) is 5.03 Å². The van der Waals surface area contributed by atoms with Crippen molar-refractivity contribution in [2.75, 3.05) is 12.9 Å². The number of nitrogens with zero attached hydrogens (tertiary/aromatic N) is 2. The summed E-state index contributed by atoms with van der Waals surface area (Å²) in [5.41, 5.74) is 0. The van der Waals surface area contributed by atoms with Crippen LogP contribution in [0.1, 0.15) is 0 Å². The van der Waals surface area contributed by atoms with Crippen LogP contribution in [-0.2, 0) is 9.53 Å². The SMILES string of the molecule is COC(=O)CSc1nnc(Cl)c2ccccc12. The van der Waals surface area contributed by atoms with Crippen LogP contribution in [0.4, 0.5) is 0 Å². The topological polar surface area (TPSA) is 52.1 Å². The third-order valence-electron chi connectivity index (χ3n) is 2.16. The second-order valence-electron chi connectivity index (χ2n) is 3.21. The largest absolute Gasteiger partial charge is 0.468 e. The maximum atomic E-state index is 11.1. The highest BCUT2D eigenvalue weighted by atomic mass is 35.5. The third-order valence-corrected chi connectivity index (χ3v) is 3.40. The van der Waals surface area contributed by atoms with Crippen molar-refractivity contribution in [3.63, 3.8) is 0 Å². The van der Waals surface area contributed by atoms with Gasteiger partial charge in [-0.25, -0.2) is 0 Å². The van der Waals surface area contributed by atoms with Gasteiger partial charge in [-0.2, -0.15) is 0 Å². The summed E-state index contributed by atoms with van der Waals surface area (Å²) in [7, 11) is 1.36. The molecule has 0 saturated carbocycles. The summed E-state index contributed by atoms with van der Waals surface area (Å²) >= 11 is 7.23. The number of hydrogen-bond acceptors (Lipinski definition) is 5. The molecule has 0 spiro atoms. The van der Waals surface area contributed by atoms with Gasteiger partial charge in [-0.05, 0) is 0 Å². The average molecular weight is 269 g/mol. The van der Waals surface area contributed by atoms with Gasteiger partial charge >= 0.3 is 5.97 Å². The lowest BCUT2D eigenvalue weighted by molar-refractivity contribution is -0.137. The van der Waals surface area contributed by atoms with Crippen molar-refractivity contribution in [2.24, 2.45) is 0 Å². The minimum Gasteiger partial charge on any atom is -0.468 e. The molecule has 0 aliphatic rings. The fourth-order valence-corrected chi connectivity index (χ4v) is 2.35. The maximum absolute atomic E-state index is 11.1. The first-order valence-electron chi connectivity index (χ1n) is 4.83. The lowest BCUT2D eigenvalue weighted by Crippen LogP contribution is -2.03. The van der Waals surface area contributed by atoms with Crippen LogP contribution >= 0.6 is 23.4 Å². The van der Waals surface area contributed by atoms with Crippen molar-refractivity contribution in [1.82, 2.24) is 10.2 Å². The van der Waals surface area contributed by atoms with Crippen molar-refractivity contribution < 1.29 is 9.53 Å². The minimum atomic E-state index is -0.296. The standard InChI is InChI=1S/C11H9ClN2O2S/c1-16-9(15)6-17-11-8-5-3-2-4-7(8)10(12)13-14-11/h2-5H,6H2,1H3. The highest BCUT2D eigenvalue weighted by molar-refractivity contribution is 8.00. The summed E-state index contributed by atoms with van der Waals surface area (Å²) in [6, 6.07) is 7.54. The number of benzene rings is 1. The van der Waals surface area contributed by atoms with Gasteiger partial charge < -0.3 is 4.74 Å². The van der Waals surface area contributed by atoms with Crippen LogP contribution in [0.3, 0.4) is 0 Å². The molecular weight excluding hydrogens is 260 g/mol. The molecule has 0 atom stereocenters. The van der Waals surface area contributed by atoms with Crippen molar-refractivity contribution in [1.29, 1.82) is 0 Å². The predicted molar refractivity (Wildman–Crippen MR) is 67.3 cm³/mol. The van der Waals surface area contributed by atoms with Gasteiger partial charge in [-0.3, -0.25) is 4.79 Å². The molecule has 0 aliphatic carbocycles. The monoisotopic (exact) mass is 268 g/mol. The number of aromatic nitrogens is 2. The summed E-state index contributed by atoms with van der Waals surface area (Å²) in [4.78, 5) is 11.1. The van der Waals surface area contributed by atoms with Crippen LogP contribution in [-0.4, -0.2) is 29.0 Å². The summed E-state index contributed by atoms with van der Waals surface area (Å²) in [6.07, 6.45) is 0. The normalized spacial score (nSPS) is 10.5. The third kappa shape index (κ3) is 2.68. The first kappa shape index (κ1) is 12.1. The first-order chi connectivity index (χ1) is 8.22. The highest BCUT2D eigenvalue weighted by Crippen LogP contribution is 2.28. The van der Waals surface area contributed by atoms with E-state index in [1.54, 1.807) is 0 Å². The number of methoxy groups -OCH3 is 1. The summed E-state index contributed by atoms with van der Waals surface area (Å²) in [5.74, 6) is -0.0904. The zero-order valence-corrected chi connectivity index (χ0v) is 10.6. The number of rotatable bonds is 3. The molecule has 17 heavy (non-hydrogen) atoms. The average Bonchev–Trinajstić information content (AvgIpc) is 2.38. The highest BCUT2D eigenvalue weighted by Gasteiger charge is 2.09. The van der Waals surface area contributed by atoms with Crippen LogP contribution in [0, 0.1) is 0 Å². The Morgan fingerprint density at radius 1 is 1.35 bits per heavy atom. The first-order valence-corrected chi connectivity index (χ1v) is 6.19. The van der Waals surface area contributed by atoms with Crippen molar-refractivity contribution >= 4 is 40.1 Å². The van der Waals surface area contributed by atoms with E-state index in [1.165, 1.54) is 18.9 Å². The van der Waals surface area contributed by atoms with Crippen molar-refractivity contribution in [3.8, 4) is 0 Å². The molecule has 2 aromatic rings. The van der Waals surface area contributed by atoms with Gasteiger partial charge in [-0.1, -0.05) is 47.6 Å². The quantitative estimate of drug-likeness (QED) is 0.632. The number of carbonyl (C=O) groups excluding carboxylic acids is 1. The maximum Gasteiger partial charge on any atom is 0.316 e. The second-order valence-corrected chi connectivity index (χ2v) is 4.53. The lowest BCUT2D eigenvalue weighted by Gasteiger charge is -2.04. The fourth-order valence-electron chi connectivity index (χ4n) is 1.34. The Morgan fingerprint density at radius 2 is 2.06 bits per heavy atom. The molecule has 2 rings (SSSR count). The van der Waals surface area contributed by atoms with E-state index in [4.69, 9.17) is 11.6 Å². The molecule has 1 heterocycles. The molecule has 0 radical (unpaired) electrons. The van der Waals surface area contributed by atoms with Gasteiger partial charge in [0, 0.05) is 10.8 Å². The molecule has 4 nitrogen and oxygen atoms in total. The van der Waals surface area contributed by atoms with Gasteiger partial charge in [0.25, 0.3) is 0 Å². The molecule has 1 aromatic carbocycles. The predicted octanol–water partition coefficient (Wildman–Crippen LogP) is 2.55. The van der Waals surface area contributed by atoms with E-state index in [2.05, 4.69) is 14.9 Å². The number of thioether (sulfide) groups is 1. The van der Waals surface area contributed by atoms with E-state index in [0.717, 1.165) is 10.8 Å². The van der Waals surface area contributed by atoms with Crippen LogP contribution < -0.4 is 0 Å². The Kier molecular flexibility index (Phi) is 3.81. The summed E-state index contributed by atoms with van der Waals surface area (Å²) in [5, 5.41) is 10.6. The van der Waals surface area contributed by atoms with Gasteiger partial charge in [0.1, 0.15) is 5.03 Å². The molecule has 6 heteroatoms. The van der Waals surface area contributed by atoms with Gasteiger partial charge in [0.15, 0.2) is 5.15 Å². The van der Waals surface area contributed by atoms with Gasteiger partial charge in [0.2, 0.25) is 0 Å². The number of carbonyl (C=O) groups is 1. The van der Waals surface area contributed by atoms with E-state index in [9.17, 15) is 4.79 Å². The molecule has 1 aromatic heterocycles. The van der Waals surface area contributed by atoms with Crippen molar-refractivity contribution in [3.05, 3.63) is 29.4 Å². The Balaban J connectivity index is 2.35. The molecule has 0 N–H and O–H groups in total. The van der Waals surface area contributed by atoms with Crippen LogP contribution in [0.15, 0.2) is 29.3 Å². The van der Waals surface area contributed by atoms with Gasteiger partial charge in [0.05, 0.1) is 12.9 Å². The summed E-state index contributed by atoms with van der Waals surface area (Å²) in [6.45, 7) is 0. The molecule has 0 amide bonds. The second kappa shape index (κ2) is 5.33. The zero-order chi connectivity index (χ0) is 12.3. The van der Waals surface area contributed by atoms with E-state index in [0.29, 0.717) is 10.2 Å². The fraction of sp³-hybridized carbons (Fsp3) is 0.182. The molecule has 0 saturated heterocycles. The van der Waals surface area contributed by atoms with Crippen LogP contribution in [0.25, 0.3) is 10.8 Å². The Hall–Kier alpha value is -1.33. The van der Waals surface area contributed by atoms with Crippen LogP contribution in [0.5, 0.6) is 0 Å². The van der Waals surface area contributed by atoms with E-state index in [-0.39, 0.29) is 11.7 Å². The molecular formula is C11H9ClN2O2S. The molecule has 0 aliphatic heterocycles.